The van der Waals surface area contributed by atoms with E-state index in [4.69, 9.17) is 10.5 Å². The minimum Gasteiger partial charge on any atom is -0.457 e. The number of hydrogen-bond donors (Lipinski definition) is 1. The molecule has 3 nitrogen and oxygen atoms in total. The van der Waals surface area contributed by atoms with Gasteiger partial charge in [-0.25, -0.2) is 0 Å². The Kier molecular flexibility index (Phi) is 3.63. The summed E-state index contributed by atoms with van der Waals surface area (Å²) in [5.74, 6) is 1.27. The molecule has 92 valence electrons. The Morgan fingerprint density at radius 1 is 1.17 bits per heavy atom. The third-order valence-corrected chi connectivity index (χ3v) is 2.60. The van der Waals surface area contributed by atoms with Crippen LogP contribution < -0.4 is 10.5 Å². The van der Waals surface area contributed by atoms with Crippen LogP contribution >= 0.6 is 0 Å². The van der Waals surface area contributed by atoms with Crippen molar-refractivity contribution < 1.29 is 9.53 Å². The highest BCUT2D eigenvalue weighted by Crippen LogP contribution is 2.27. The molecule has 0 aliphatic carbocycles. The largest absolute Gasteiger partial charge is 0.457 e. The molecule has 0 aliphatic rings. The molecule has 0 spiro atoms. The van der Waals surface area contributed by atoms with E-state index in [1.54, 1.807) is 18.2 Å². The molecule has 0 amide bonds. The van der Waals surface area contributed by atoms with E-state index in [1.165, 1.54) is 0 Å². The molecule has 0 saturated carbocycles. The van der Waals surface area contributed by atoms with Gasteiger partial charge in [-0.05, 0) is 30.3 Å². The first kappa shape index (κ1) is 12.2. The number of benzene rings is 2. The molecule has 0 radical (unpaired) electrons. The fourth-order valence-corrected chi connectivity index (χ4v) is 1.66. The normalized spacial score (nSPS) is 10.1. The van der Waals surface area contributed by atoms with Gasteiger partial charge in [-0.15, -0.1) is 0 Å². The standard InChI is InChI=1S/C15H15NO2/c1-2-14(17)13-10-11(16)8-9-15(13)18-12-6-4-3-5-7-12/h3-10H,2,16H2,1H3. The molecule has 0 bridgehead atoms. The molecule has 0 unspecified atom stereocenters. The van der Waals surface area contributed by atoms with Gasteiger partial charge in [0.15, 0.2) is 5.78 Å². The number of nitrogens with two attached hydrogens (primary N) is 1. The first-order chi connectivity index (χ1) is 8.70. The number of carbonyl (C=O) groups is 1. The fourth-order valence-electron chi connectivity index (χ4n) is 1.66. The van der Waals surface area contributed by atoms with Crippen molar-refractivity contribution in [3.63, 3.8) is 0 Å². The van der Waals surface area contributed by atoms with Crippen LogP contribution in [0, 0.1) is 0 Å². The topological polar surface area (TPSA) is 52.3 Å². The Bertz CT molecular complexity index is 550. The van der Waals surface area contributed by atoms with Gasteiger partial charge in [0.25, 0.3) is 0 Å². The summed E-state index contributed by atoms with van der Waals surface area (Å²) in [6.07, 6.45) is 0.425. The SMILES string of the molecule is CCC(=O)c1cc(N)ccc1Oc1ccccc1. The molecule has 0 fully saturated rings. The smallest absolute Gasteiger partial charge is 0.166 e. The number of nitrogen functional groups attached to an aromatic ring is 1. The average Bonchev–Trinajstić information content (AvgIpc) is 2.41. The lowest BCUT2D eigenvalue weighted by Gasteiger charge is -2.10. The van der Waals surface area contributed by atoms with Crippen molar-refractivity contribution in [1.29, 1.82) is 0 Å². The van der Waals surface area contributed by atoms with Gasteiger partial charge in [-0.3, -0.25) is 4.79 Å². The van der Waals surface area contributed by atoms with Crippen LogP contribution in [0.1, 0.15) is 23.7 Å². The number of para-hydroxylation sites is 1. The van der Waals surface area contributed by atoms with E-state index in [0.717, 1.165) is 0 Å². The van der Waals surface area contributed by atoms with E-state index in [2.05, 4.69) is 0 Å². The van der Waals surface area contributed by atoms with Crippen LogP contribution in [0.25, 0.3) is 0 Å². The second kappa shape index (κ2) is 5.36. The minimum atomic E-state index is 0.0215. The van der Waals surface area contributed by atoms with E-state index in [-0.39, 0.29) is 5.78 Å². The van der Waals surface area contributed by atoms with Crippen LogP contribution in [0.2, 0.25) is 0 Å². The van der Waals surface area contributed by atoms with Crippen LogP contribution in [-0.4, -0.2) is 5.78 Å². The highest BCUT2D eigenvalue weighted by atomic mass is 16.5. The molecule has 0 heterocycles. The van der Waals surface area contributed by atoms with E-state index < -0.39 is 0 Å². The number of carbonyl (C=O) groups excluding carboxylic acids is 1. The predicted molar refractivity (Wildman–Crippen MR) is 72.0 cm³/mol. The molecule has 3 heteroatoms. The van der Waals surface area contributed by atoms with E-state index in [0.29, 0.717) is 29.2 Å². The maximum absolute atomic E-state index is 11.8. The zero-order chi connectivity index (χ0) is 13.0. The molecule has 0 aromatic heterocycles. The van der Waals surface area contributed by atoms with E-state index in [1.807, 2.05) is 37.3 Å². The molecule has 2 rings (SSSR count). The number of ketones is 1. The first-order valence-electron chi connectivity index (χ1n) is 5.86. The lowest BCUT2D eigenvalue weighted by Crippen LogP contribution is -2.01. The third kappa shape index (κ3) is 2.69. The first-order valence-corrected chi connectivity index (χ1v) is 5.86. The number of Topliss-reactive ketones (excluding diaryl/α,β-unsaturated/α-hetero) is 1. The van der Waals surface area contributed by atoms with Crippen LogP contribution in [0.4, 0.5) is 5.69 Å². The number of rotatable bonds is 4. The van der Waals surface area contributed by atoms with Crippen molar-refractivity contribution in [3.8, 4) is 11.5 Å². The van der Waals surface area contributed by atoms with Gasteiger partial charge in [-0.1, -0.05) is 25.1 Å². The Morgan fingerprint density at radius 2 is 1.89 bits per heavy atom. The minimum absolute atomic E-state index is 0.0215. The molecule has 2 N–H and O–H groups in total. The second-order valence-electron chi connectivity index (χ2n) is 3.95. The van der Waals surface area contributed by atoms with Crippen molar-refractivity contribution in [1.82, 2.24) is 0 Å². The molecule has 0 atom stereocenters. The number of anilines is 1. The van der Waals surface area contributed by atoms with Crippen LogP contribution in [0.15, 0.2) is 48.5 Å². The van der Waals surface area contributed by atoms with Crippen molar-refractivity contribution in [2.45, 2.75) is 13.3 Å². The summed E-state index contributed by atoms with van der Waals surface area (Å²) in [4.78, 5) is 11.8. The quantitative estimate of drug-likeness (QED) is 0.656. The maximum atomic E-state index is 11.8. The Hall–Kier alpha value is -2.29. The Labute approximate surface area is 106 Å². The Balaban J connectivity index is 2.35. The van der Waals surface area contributed by atoms with E-state index in [9.17, 15) is 4.79 Å². The van der Waals surface area contributed by atoms with Gasteiger partial charge in [-0.2, -0.15) is 0 Å². The summed E-state index contributed by atoms with van der Waals surface area (Å²) in [7, 11) is 0. The van der Waals surface area contributed by atoms with Crippen LogP contribution in [0.5, 0.6) is 11.5 Å². The predicted octanol–water partition coefficient (Wildman–Crippen LogP) is 3.65. The second-order valence-corrected chi connectivity index (χ2v) is 3.95. The summed E-state index contributed by atoms with van der Waals surface area (Å²) in [6, 6.07) is 14.5. The van der Waals surface area contributed by atoms with Crippen molar-refractivity contribution in [2.24, 2.45) is 0 Å². The zero-order valence-corrected chi connectivity index (χ0v) is 10.2. The monoisotopic (exact) mass is 241 g/mol. The average molecular weight is 241 g/mol. The molecule has 2 aromatic carbocycles. The lowest BCUT2D eigenvalue weighted by molar-refractivity contribution is 0.0986. The van der Waals surface area contributed by atoms with Gasteiger partial charge in [0.1, 0.15) is 11.5 Å². The van der Waals surface area contributed by atoms with Gasteiger partial charge >= 0.3 is 0 Å². The summed E-state index contributed by atoms with van der Waals surface area (Å²) in [5.41, 5.74) is 6.80. The van der Waals surface area contributed by atoms with Gasteiger partial charge in [0.2, 0.25) is 0 Å². The van der Waals surface area contributed by atoms with Gasteiger partial charge in [0.05, 0.1) is 5.56 Å². The molecule has 0 aliphatic heterocycles. The zero-order valence-electron chi connectivity index (χ0n) is 10.2. The van der Waals surface area contributed by atoms with Crippen LogP contribution in [0.3, 0.4) is 0 Å². The molecular formula is C15H15NO2. The molecular weight excluding hydrogens is 226 g/mol. The summed E-state index contributed by atoms with van der Waals surface area (Å²) in [6.45, 7) is 1.82. The van der Waals surface area contributed by atoms with Gasteiger partial charge in [0, 0.05) is 12.1 Å². The number of hydrogen-bond acceptors (Lipinski definition) is 3. The number of ether oxygens (including phenoxy) is 1. The summed E-state index contributed by atoms with van der Waals surface area (Å²) in [5, 5.41) is 0. The van der Waals surface area contributed by atoms with Crippen molar-refractivity contribution in [3.05, 3.63) is 54.1 Å². The maximum Gasteiger partial charge on any atom is 0.166 e. The molecule has 0 saturated heterocycles. The third-order valence-electron chi connectivity index (χ3n) is 2.60. The van der Waals surface area contributed by atoms with Crippen molar-refractivity contribution >= 4 is 11.5 Å². The Morgan fingerprint density at radius 3 is 2.56 bits per heavy atom. The highest BCUT2D eigenvalue weighted by molar-refractivity contribution is 5.99. The van der Waals surface area contributed by atoms with Crippen molar-refractivity contribution in [2.75, 3.05) is 5.73 Å². The lowest BCUT2D eigenvalue weighted by atomic mass is 10.1. The van der Waals surface area contributed by atoms with E-state index >= 15 is 0 Å². The van der Waals surface area contributed by atoms with Gasteiger partial charge < -0.3 is 10.5 Å². The molecule has 2 aromatic rings. The fraction of sp³-hybridized carbons (Fsp3) is 0.133. The highest BCUT2D eigenvalue weighted by Gasteiger charge is 2.12. The molecule has 18 heavy (non-hydrogen) atoms. The summed E-state index contributed by atoms with van der Waals surface area (Å²) < 4.78 is 5.71. The van der Waals surface area contributed by atoms with Crippen LogP contribution in [-0.2, 0) is 0 Å². The summed E-state index contributed by atoms with van der Waals surface area (Å²) >= 11 is 0.